The number of furan rings is 1. The molecule has 3 aromatic carbocycles. The third-order valence-corrected chi connectivity index (χ3v) is 9.47. The van der Waals surface area contributed by atoms with E-state index in [2.05, 4.69) is 10.0 Å². The van der Waals surface area contributed by atoms with Crippen molar-refractivity contribution in [3.05, 3.63) is 102 Å². The number of rotatable bonds is 9. The van der Waals surface area contributed by atoms with Gasteiger partial charge in [0.2, 0.25) is 10.0 Å². The summed E-state index contributed by atoms with van der Waals surface area (Å²) in [6.07, 6.45) is 2.03. The first kappa shape index (κ1) is 26.5. The number of hydrogen-bond donors (Lipinski definition) is 2. The van der Waals surface area contributed by atoms with E-state index in [1.165, 1.54) is 60.1 Å². The zero-order valence-corrected chi connectivity index (χ0v) is 22.5. The second kappa shape index (κ2) is 10.6. The molecule has 0 bridgehead atoms. The average molecular weight is 568 g/mol. The summed E-state index contributed by atoms with van der Waals surface area (Å²) in [6.45, 7) is 0.260. The van der Waals surface area contributed by atoms with Crippen LogP contribution in [0.25, 0.3) is 0 Å². The number of fused-ring (bicyclic) bond motifs is 1. The van der Waals surface area contributed by atoms with Gasteiger partial charge < -0.3 is 14.5 Å². The number of methoxy groups -OCH3 is 1. The van der Waals surface area contributed by atoms with E-state index in [1.807, 2.05) is 12.1 Å². The molecule has 10 nitrogen and oxygen atoms in total. The standard InChI is InChI=1S/C27H25N3O7S2/c1-36-26-12-11-23(39(34,35)30-14-13-19-6-2-3-10-25(19)30)17-24(26)27(31)29-20-7-4-9-22(16-20)38(32,33)28-18-21-8-5-15-37-21/h2-12,15-17,28H,13-14,18H2,1H3,(H,29,31). The highest BCUT2D eigenvalue weighted by molar-refractivity contribution is 7.92. The highest BCUT2D eigenvalue weighted by atomic mass is 32.2. The third kappa shape index (κ3) is 5.39. The molecule has 0 unspecified atom stereocenters. The second-order valence-corrected chi connectivity index (χ2v) is 12.3. The smallest absolute Gasteiger partial charge is 0.264 e. The normalized spacial score (nSPS) is 13.2. The van der Waals surface area contributed by atoms with Gasteiger partial charge in [-0.25, -0.2) is 21.6 Å². The van der Waals surface area contributed by atoms with Gasteiger partial charge in [-0.05, 0) is 66.6 Å². The molecule has 1 amide bonds. The minimum Gasteiger partial charge on any atom is -0.496 e. The Balaban J connectivity index is 1.39. The van der Waals surface area contributed by atoms with Crippen LogP contribution in [0.15, 0.2) is 99.3 Å². The molecule has 0 aliphatic carbocycles. The number of amides is 1. The Labute approximate surface area is 226 Å². The first-order valence-electron chi connectivity index (χ1n) is 11.9. The molecule has 0 atom stereocenters. The Morgan fingerprint density at radius 3 is 2.54 bits per heavy atom. The van der Waals surface area contributed by atoms with Crippen molar-refractivity contribution in [1.29, 1.82) is 0 Å². The Hall–Kier alpha value is -4.13. The Morgan fingerprint density at radius 2 is 1.77 bits per heavy atom. The molecule has 2 heterocycles. The minimum absolute atomic E-state index is 0.0183. The summed E-state index contributed by atoms with van der Waals surface area (Å²) < 4.78 is 66.7. The first-order valence-corrected chi connectivity index (χ1v) is 14.8. The fourth-order valence-electron chi connectivity index (χ4n) is 4.31. The fourth-order valence-corrected chi connectivity index (χ4v) is 6.88. The summed E-state index contributed by atoms with van der Waals surface area (Å²) in [5.41, 5.74) is 1.72. The monoisotopic (exact) mass is 567 g/mol. The van der Waals surface area contributed by atoms with Crippen LogP contribution in [0.2, 0.25) is 0 Å². The van der Waals surface area contributed by atoms with E-state index >= 15 is 0 Å². The van der Waals surface area contributed by atoms with Crippen molar-refractivity contribution in [1.82, 2.24) is 4.72 Å². The lowest BCUT2D eigenvalue weighted by Crippen LogP contribution is -2.29. The summed E-state index contributed by atoms with van der Waals surface area (Å²) in [6, 6.07) is 20.3. The van der Waals surface area contributed by atoms with Crippen molar-refractivity contribution < 1.29 is 30.8 Å². The lowest BCUT2D eigenvalue weighted by molar-refractivity contribution is 0.102. The molecule has 1 aliphatic heterocycles. The maximum atomic E-state index is 13.5. The molecule has 0 spiro atoms. The van der Waals surface area contributed by atoms with E-state index < -0.39 is 26.0 Å². The maximum absolute atomic E-state index is 13.5. The van der Waals surface area contributed by atoms with Gasteiger partial charge in [0.15, 0.2) is 0 Å². The third-order valence-electron chi connectivity index (χ3n) is 6.27. The highest BCUT2D eigenvalue weighted by Gasteiger charge is 2.31. The molecule has 0 radical (unpaired) electrons. The predicted molar refractivity (Wildman–Crippen MR) is 145 cm³/mol. The number of hydrogen-bond acceptors (Lipinski definition) is 7. The Kier molecular flexibility index (Phi) is 7.17. The van der Waals surface area contributed by atoms with Crippen LogP contribution in [-0.2, 0) is 33.0 Å². The van der Waals surface area contributed by atoms with E-state index in [0.29, 0.717) is 24.4 Å². The SMILES string of the molecule is COc1ccc(S(=O)(=O)N2CCc3ccccc32)cc1C(=O)Nc1cccc(S(=O)(=O)NCc2ccco2)c1. The molecule has 4 aromatic rings. The van der Waals surface area contributed by atoms with Crippen molar-refractivity contribution in [2.45, 2.75) is 22.8 Å². The molecular weight excluding hydrogens is 542 g/mol. The van der Waals surface area contributed by atoms with Gasteiger partial charge in [-0.3, -0.25) is 9.10 Å². The zero-order valence-electron chi connectivity index (χ0n) is 20.8. The summed E-state index contributed by atoms with van der Waals surface area (Å²) >= 11 is 0. The van der Waals surface area contributed by atoms with Crippen LogP contribution in [-0.4, -0.2) is 36.4 Å². The number of nitrogens with zero attached hydrogens (tertiary/aromatic N) is 1. The number of nitrogens with one attached hydrogen (secondary N) is 2. The number of carbonyl (C=O) groups excluding carboxylic acids is 1. The first-order chi connectivity index (χ1) is 18.7. The molecule has 0 saturated carbocycles. The van der Waals surface area contributed by atoms with Gasteiger partial charge in [0.05, 0.1) is 41.0 Å². The van der Waals surface area contributed by atoms with Gasteiger partial charge in [-0.1, -0.05) is 24.3 Å². The van der Waals surface area contributed by atoms with E-state index in [0.717, 1.165) is 5.56 Å². The van der Waals surface area contributed by atoms with Crippen LogP contribution in [0.3, 0.4) is 0 Å². The number of benzene rings is 3. The largest absolute Gasteiger partial charge is 0.496 e. The van der Waals surface area contributed by atoms with Crippen LogP contribution >= 0.6 is 0 Å². The molecule has 1 aromatic heterocycles. The lowest BCUT2D eigenvalue weighted by Gasteiger charge is -2.20. The quantitative estimate of drug-likeness (QED) is 0.314. The summed E-state index contributed by atoms with van der Waals surface area (Å²) in [5, 5.41) is 2.64. The lowest BCUT2D eigenvalue weighted by atomic mass is 10.2. The van der Waals surface area contributed by atoms with Crippen LogP contribution in [0, 0.1) is 0 Å². The van der Waals surface area contributed by atoms with Crippen LogP contribution in [0.5, 0.6) is 5.75 Å². The number of carbonyl (C=O) groups is 1. The molecule has 1 aliphatic rings. The van der Waals surface area contributed by atoms with Gasteiger partial charge in [-0.15, -0.1) is 0 Å². The van der Waals surface area contributed by atoms with Crippen molar-refractivity contribution in [2.75, 3.05) is 23.3 Å². The molecule has 2 N–H and O–H groups in total. The molecule has 202 valence electrons. The fraction of sp³-hybridized carbons (Fsp3) is 0.148. The molecule has 12 heteroatoms. The summed E-state index contributed by atoms with van der Waals surface area (Å²) in [5.74, 6) is -0.0524. The number of sulfonamides is 2. The Morgan fingerprint density at radius 1 is 0.949 bits per heavy atom. The van der Waals surface area contributed by atoms with Crippen molar-refractivity contribution in [3.63, 3.8) is 0 Å². The topological polar surface area (TPSA) is 135 Å². The van der Waals surface area contributed by atoms with Gasteiger partial charge in [0, 0.05) is 12.2 Å². The average Bonchev–Trinajstić information content (AvgIpc) is 3.62. The molecular formula is C27H25N3O7S2. The minimum atomic E-state index is -3.95. The molecule has 0 saturated heterocycles. The van der Waals surface area contributed by atoms with Crippen molar-refractivity contribution >= 4 is 37.3 Å². The number of ether oxygens (including phenoxy) is 1. The van der Waals surface area contributed by atoms with Gasteiger partial charge in [0.1, 0.15) is 11.5 Å². The van der Waals surface area contributed by atoms with Crippen molar-refractivity contribution in [3.8, 4) is 5.75 Å². The molecule has 39 heavy (non-hydrogen) atoms. The van der Waals surface area contributed by atoms with Gasteiger partial charge in [-0.2, -0.15) is 0 Å². The van der Waals surface area contributed by atoms with E-state index in [9.17, 15) is 21.6 Å². The number of anilines is 2. The maximum Gasteiger partial charge on any atom is 0.264 e. The summed E-state index contributed by atoms with van der Waals surface area (Å²) in [4.78, 5) is 13.1. The van der Waals surface area contributed by atoms with E-state index in [1.54, 1.807) is 24.3 Å². The number of para-hydroxylation sites is 1. The molecule has 5 rings (SSSR count). The highest BCUT2D eigenvalue weighted by Crippen LogP contribution is 2.34. The van der Waals surface area contributed by atoms with Crippen molar-refractivity contribution in [2.24, 2.45) is 0 Å². The Bertz CT molecular complexity index is 1730. The van der Waals surface area contributed by atoms with Crippen LogP contribution in [0.1, 0.15) is 21.7 Å². The summed E-state index contributed by atoms with van der Waals surface area (Å²) in [7, 11) is -6.49. The van der Waals surface area contributed by atoms with Gasteiger partial charge >= 0.3 is 0 Å². The van der Waals surface area contributed by atoms with E-state index in [4.69, 9.17) is 9.15 Å². The predicted octanol–water partition coefficient (Wildman–Crippen LogP) is 3.77. The van der Waals surface area contributed by atoms with E-state index in [-0.39, 0.29) is 33.3 Å². The zero-order chi connectivity index (χ0) is 27.6. The van der Waals surface area contributed by atoms with Gasteiger partial charge in [0.25, 0.3) is 15.9 Å². The van der Waals surface area contributed by atoms with Crippen LogP contribution in [0.4, 0.5) is 11.4 Å². The molecule has 0 fully saturated rings. The second-order valence-electron chi connectivity index (χ2n) is 8.70. The van der Waals surface area contributed by atoms with Crippen LogP contribution < -0.4 is 19.1 Å².